The van der Waals surface area contributed by atoms with Gasteiger partial charge < -0.3 is 0 Å². The zero-order valence-electron chi connectivity index (χ0n) is 25.5. The number of unbranched alkanes of at least 4 members (excludes halogenated alkanes) is 11. The lowest BCUT2D eigenvalue weighted by Gasteiger charge is -2.35. The Balaban J connectivity index is 3.48. The topological polar surface area (TPSA) is 47.6 Å². The van der Waals surface area contributed by atoms with E-state index in [0.29, 0.717) is 0 Å². The molecule has 0 aromatic heterocycles. The highest BCUT2D eigenvalue weighted by Gasteiger charge is 2.34. The summed E-state index contributed by atoms with van der Waals surface area (Å²) in [6.45, 7) is 13.8. The van der Waals surface area contributed by atoms with Crippen molar-refractivity contribution in [3.63, 3.8) is 0 Å². The molecule has 1 atom stereocenters. The van der Waals surface area contributed by atoms with E-state index in [-0.39, 0.29) is 10.8 Å². The summed E-state index contributed by atoms with van der Waals surface area (Å²) < 4.78 is 0. The van der Waals surface area contributed by atoms with Gasteiger partial charge in [-0.15, -0.1) is 0 Å². The fraction of sp³-hybridized carbons (Fsp3) is 0.771. The molecule has 0 saturated carbocycles. The average molecular weight is 507 g/mol. The second-order valence-electron chi connectivity index (χ2n) is 12.2. The molecule has 208 valence electrons. The molecule has 0 saturated heterocycles. The smallest absolute Gasteiger partial charge is 0.0994 e. The minimum atomic E-state index is -0.0452. The van der Waals surface area contributed by atoms with Crippen LogP contribution in [-0.2, 0) is 10.8 Å². The molecule has 0 amide bonds. The Morgan fingerprint density at radius 2 is 0.757 bits per heavy atom. The number of nitrogens with zero attached hydrogens (tertiary/aromatic N) is 2. The van der Waals surface area contributed by atoms with Crippen molar-refractivity contribution in [2.24, 2.45) is 0 Å². The molecule has 37 heavy (non-hydrogen) atoms. The molecule has 2 heteroatoms. The van der Waals surface area contributed by atoms with Crippen LogP contribution in [0.5, 0.6) is 0 Å². The first-order chi connectivity index (χ1) is 17.9. The minimum Gasteiger partial charge on any atom is -0.192 e. The predicted octanol–water partition coefficient (Wildman–Crippen LogP) is 11.4. The summed E-state index contributed by atoms with van der Waals surface area (Å²) in [5.74, 6) is 0. The van der Waals surface area contributed by atoms with Crippen LogP contribution in [0.2, 0.25) is 0 Å². The molecule has 0 aliphatic heterocycles. The van der Waals surface area contributed by atoms with Crippen molar-refractivity contribution in [2.45, 2.75) is 174 Å². The standard InChI is InChI=1S/C35H58N2/c1-7-11-15-19-23-34(5,22-18-14-10-4)32-26-31(29-37)33(27-30(32)28-36)35(6,24-20-16-12-8-2)25-21-17-13-9-3/h26-27H,7-25H2,1-6H3. The molecule has 1 aromatic carbocycles. The quantitative estimate of drug-likeness (QED) is 0.156. The first-order valence-corrected chi connectivity index (χ1v) is 15.8. The van der Waals surface area contributed by atoms with Gasteiger partial charge in [-0.1, -0.05) is 138 Å². The molecule has 0 spiro atoms. The SMILES string of the molecule is CCCCCCC(C)(CCCCC)c1cc(C#N)c(C(C)(CCCCCC)CCCCCC)cc1C#N. The van der Waals surface area contributed by atoms with Gasteiger partial charge in [-0.25, -0.2) is 0 Å². The van der Waals surface area contributed by atoms with E-state index < -0.39 is 0 Å². The van der Waals surface area contributed by atoms with E-state index >= 15 is 0 Å². The first-order valence-electron chi connectivity index (χ1n) is 15.8. The van der Waals surface area contributed by atoms with Crippen molar-refractivity contribution in [3.8, 4) is 12.1 Å². The predicted molar refractivity (Wildman–Crippen MR) is 161 cm³/mol. The first kappa shape index (κ1) is 33.2. The lowest BCUT2D eigenvalue weighted by Crippen LogP contribution is -2.27. The summed E-state index contributed by atoms with van der Waals surface area (Å²) in [5, 5.41) is 20.8. The van der Waals surface area contributed by atoms with Gasteiger partial charge in [-0.3, -0.25) is 0 Å². The average Bonchev–Trinajstić information content (AvgIpc) is 2.91. The van der Waals surface area contributed by atoms with Crippen molar-refractivity contribution in [1.29, 1.82) is 10.5 Å². The Hall–Kier alpha value is -1.80. The molecule has 0 aliphatic carbocycles. The van der Waals surface area contributed by atoms with Gasteiger partial charge in [-0.2, -0.15) is 10.5 Å². The van der Waals surface area contributed by atoms with Crippen LogP contribution >= 0.6 is 0 Å². The third-order valence-corrected chi connectivity index (χ3v) is 8.78. The molecule has 1 rings (SSSR count). The number of rotatable bonds is 21. The van der Waals surface area contributed by atoms with Crippen LogP contribution in [0, 0.1) is 22.7 Å². The van der Waals surface area contributed by atoms with Crippen LogP contribution in [0.25, 0.3) is 0 Å². The normalized spacial score (nSPS) is 13.2. The molecule has 0 heterocycles. The summed E-state index contributed by atoms with van der Waals surface area (Å²) in [6, 6.07) is 9.50. The van der Waals surface area contributed by atoms with E-state index in [0.717, 1.165) is 47.9 Å². The van der Waals surface area contributed by atoms with Gasteiger partial charge in [0, 0.05) is 0 Å². The van der Waals surface area contributed by atoms with Gasteiger partial charge >= 0.3 is 0 Å². The molecule has 2 nitrogen and oxygen atoms in total. The molecule has 1 unspecified atom stereocenters. The zero-order valence-corrected chi connectivity index (χ0v) is 25.5. The Morgan fingerprint density at radius 3 is 1.03 bits per heavy atom. The van der Waals surface area contributed by atoms with Crippen LogP contribution in [0.4, 0.5) is 0 Å². The fourth-order valence-electron chi connectivity index (χ4n) is 6.16. The van der Waals surface area contributed by atoms with Crippen LogP contribution in [0.15, 0.2) is 12.1 Å². The Kier molecular flexibility index (Phi) is 16.6. The van der Waals surface area contributed by atoms with Gasteiger partial charge in [0.2, 0.25) is 0 Å². The van der Waals surface area contributed by atoms with Crippen molar-refractivity contribution in [2.75, 3.05) is 0 Å². The van der Waals surface area contributed by atoms with Gasteiger partial charge in [-0.05, 0) is 59.8 Å². The third kappa shape index (κ3) is 10.8. The largest absolute Gasteiger partial charge is 0.192 e. The van der Waals surface area contributed by atoms with Crippen LogP contribution in [0.3, 0.4) is 0 Å². The molecule has 0 aliphatic rings. The van der Waals surface area contributed by atoms with E-state index in [1.807, 2.05) is 0 Å². The van der Waals surface area contributed by atoms with Crippen molar-refractivity contribution in [1.82, 2.24) is 0 Å². The van der Waals surface area contributed by atoms with E-state index in [1.165, 1.54) is 96.3 Å². The molecular formula is C35H58N2. The molecule has 0 fully saturated rings. The van der Waals surface area contributed by atoms with Gasteiger partial charge in [0.25, 0.3) is 0 Å². The second kappa shape index (κ2) is 18.5. The van der Waals surface area contributed by atoms with Crippen LogP contribution < -0.4 is 0 Å². The molecule has 0 N–H and O–H groups in total. The molecule has 0 bridgehead atoms. The van der Waals surface area contributed by atoms with Gasteiger partial charge in [0.1, 0.15) is 0 Å². The summed E-state index contributed by atoms with van der Waals surface area (Å²) in [6.07, 6.45) is 22.8. The Morgan fingerprint density at radius 1 is 0.486 bits per heavy atom. The number of hydrogen-bond acceptors (Lipinski definition) is 2. The van der Waals surface area contributed by atoms with Crippen molar-refractivity contribution in [3.05, 3.63) is 34.4 Å². The summed E-state index contributed by atoms with van der Waals surface area (Å²) in [4.78, 5) is 0. The van der Waals surface area contributed by atoms with Crippen molar-refractivity contribution >= 4 is 0 Å². The zero-order chi connectivity index (χ0) is 27.6. The van der Waals surface area contributed by atoms with E-state index in [1.54, 1.807) is 0 Å². The maximum absolute atomic E-state index is 10.4. The third-order valence-electron chi connectivity index (χ3n) is 8.78. The van der Waals surface area contributed by atoms with Gasteiger partial charge in [0.05, 0.1) is 23.3 Å². The minimum absolute atomic E-state index is 0.0449. The highest BCUT2D eigenvalue weighted by atomic mass is 14.4. The second-order valence-corrected chi connectivity index (χ2v) is 12.2. The fourth-order valence-corrected chi connectivity index (χ4v) is 6.16. The van der Waals surface area contributed by atoms with E-state index in [4.69, 9.17) is 0 Å². The van der Waals surface area contributed by atoms with Crippen molar-refractivity contribution < 1.29 is 0 Å². The highest BCUT2D eigenvalue weighted by molar-refractivity contribution is 5.54. The Bertz CT molecular complexity index is 828. The van der Waals surface area contributed by atoms with E-state index in [2.05, 4.69) is 65.8 Å². The molecule has 1 aromatic rings. The van der Waals surface area contributed by atoms with Crippen LogP contribution in [-0.4, -0.2) is 0 Å². The summed E-state index contributed by atoms with van der Waals surface area (Å²) >= 11 is 0. The maximum atomic E-state index is 10.4. The number of benzene rings is 1. The summed E-state index contributed by atoms with van der Waals surface area (Å²) in [7, 11) is 0. The number of hydrogen-bond donors (Lipinski definition) is 0. The number of nitriles is 2. The Labute approximate surface area is 231 Å². The maximum Gasteiger partial charge on any atom is 0.0994 e. The molecule has 0 radical (unpaired) electrons. The van der Waals surface area contributed by atoms with Crippen LogP contribution in [0.1, 0.15) is 186 Å². The monoisotopic (exact) mass is 506 g/mol. The lowest BCUT2D eigenvalue weighted by molar-refractivity contribution is 0.357. The highest BCUT2D eigenvalue weighted by Crippen LogP contribution is 2.43. The summed E-state index contributed by atoms with van der Waals surface area (Å²) in [5.41, 5.74) is 3.80. The van der Waals surface area contributed by atoms with E-state index in [9.17, 15) is 10.5 Å². The lowest BCUT2D eigenvalue weighted by atomic mass is 9.68. The van der Waals surface area contributed by atoms with Gasteiger partial charge in [0.15, 0.2) is 0 Å². The molecular weight excluding hydrogens is 448 g/mol.